The third-order valence-corrected chi connectivity index (χ3v) is 4.01. The van der Waals surface area contributed by atoms with Crippen LogP contribution in [0.3, 0.4) is 0 Å². The fourth-order valence-corrected chi connectivity index (χ4v) is 2.68. The Morgan fingerprint density at radius 2 is 2.00 bits per heavy atom. The molecule has 0 bridgehead atoms. The van der Waals surface area contributed by atoms with E-state index >= 15 is 0 Å². The van der Waals surface area contributed by atoms with Crippen LogP contribution in [-0.2, 0) is 24.3 Å². The van der Waals surface area contributed by atoms with Crippen LogP contribution in [0.2, 0.25) is 0 Å². The van der Waals surface area contributed by atoms with Crippen LogP contribution in [0.4, 0.5) is 0 Å². The number of ether oxygens (including phenoxy) is 2. The van der Waals surface area contributed by atoms with Gasteiger partial charge in [-0.3, -0.25) is 9.59 Å². The Morgan fingerprint density at radius 3 is 2.52 bits per heavy atom. The molecular weight excluding hydrogens is 302 g/mol. The number of carboxylic acids is 1. The molecule has 0 spiro atoms. The summed E-state index contributed by atoms with van der Waals surface area (Å²) >= 11 is 0. The molecule has 1 rings (SSSR count). The molecule has 0 aromatic heterocycles. The van der Waals surface area contributed by atoms with Gasteiger partial charge in [0.05, 0.1) is 25.5 Å². The zero-order valence-corrected chi connectivity index (χ0v) is 12.2. The lowest BCUT2D eigenvalue weighted by atomic mass is 10.2. The second-order valence-corrected chi connectivity index (χ2v) is 5.69. The SMILES string of the molecule is COC(=O)C[C@H](NS(=O)(=O)c1cccc(OC)c1)C(=O)O. The number of esters is 1. The van der Waals surface area contributed by atoms with Crippen molar-refractivity contribution in [2.75, 3.05) is 14.2 Å². The molecule has 1 atom stereocenters. The lowest BCUT2D eigenvalue weighted by Crippen LogP contribution is -2.42. The van der Waals surface area contributed by atoms with Crippen molar-refractivity contribution in [3.8, 4) is 5.75 Å². The normalized spacial score (nSPS) is 12.5. The molecule has 1 aromatic rings. The Morgan fingerprint density at radius 1 is 1.33 bits per heavy atom. The quantitative estimate of drug-likeness (QED) is 0.679. The highest BCUT2D eigenvalue weighted by atomic mass is 32.2. The topological polar surface area (TPSA) is 119 Å². The minimum Gasteiger partial charge on any atom is -0.497 e. The van der Waals surface area contributed by atoms with E-state index in [9.17, 15) is 18.0 Å². The standard InChI is InChI=1S/C12H15NO7S/c1-19-8-4-3-5-9(6-8)21(17,18)13-10(12(15)16)7-11(14)20-2/h3-6,10,13H,7H2,1-2H3,(H,15,16)/t10-/m0/s1. The molecule has 0 heterocycles. The highest BCUT2D eigenvalue weighted by Gasteiger charge is 2.28. The Bertz CT molecular complexity index is 626. The van der Waals surface area contributed by atoms with E-state index in [0.717, 1.165) is 7.11 Å². The van der Waals surface area contributed by atoms with Gasteiger partial charge in [-0.1, -0.05) is 6.07 Å². The minimum atomic E-state index is -4.11. The van der Waals surface area contributed by atoms with Gasteiger partial charge in [0, 0.05) is 6.07 Å². The van der Waals surface area contributed by atoms with Crippen LogP contribution in [0.5, 0.6) is 5.75 Å². The first-order valence-electron chi connectivity index (χ1n) is 5.76. The molecule has 0 amide bonds. The maximum atomic E-state index is 12.1. The maximum absolute atomic E-state index is 12.1. The number of nitrogens with one attached hydrogen (secondary N) is 1. The molecule has 2 N–H and O–H groups in total. The number of aliphatic carboxylic acids is 1. The summed E-state index contributed by atoms with van der Waals surface area (Å²) in [6.07, 6.45) is -0.616. The Kier molecular flexibility index (Phi) is 5.68. The first-order valence-corrected chi connectivity index (χ1v) is 7.24. The van der Waals surface area contributed by atoms with Crippen LogP contribution in [-0.4, -0.2) is 45.7 Å². The average Bonchev–Trinajstić information content (AvgIpc) is 2.46. The Labute approximate surface area is 121 Å². The van der Waals surface area contributed by atoms with E-state index in [-0.39, 0.29) is 4.90 Å². The molecular formula is C12H15NO7S. The molecule has 0 saturated heterocycles. The summed E-state index contributed by atoms with van der Waals surface area (Å²) in [5.41, 5.74) is 0. The van der Waals surface area contributed by atoms with Crippen molar-refractivity contribution in [2.45, 2.75) is 17.4 Å². The molecule has 8 nitrogen and oxygen atoms in total. The van der Waals surface area contributed by atoms with Crippen LogP contribution in [0.25, 0.3) is 0 Å². The van der Waals surface area contributed by atoms with Crippen LogP contribution >= 0.6 is 0 Å². The van der Waals surface area contributed by atoms with Gasteiger partial charge in [-0.2, -0.15) is 4.72 Å². The van der Waals surface area contributed by atoms with E-state index in [0.29, 0.717) is 5.75 Å². The molecule has 0 fully saturated rings. The lowest BCUT2D eigenvalue weighted by molar-refractivity contribution is -0.147. The Hall–Kier alpha value is -2.13. The van der Waals surface area contributed by atoms with E-state index in [2.05, 4.69) is 4.74 Å². The van der Waals surface area contributed by atoms with Crippen molar-refractivity contribution < 1.29 is 32.6 Å². The predicted molar refractivity (Wildman–Crippen MR) is 71.4 cm³/mol. The van der Waals surface area contributed by atoms with Crippen LogP contribution in [0.1, 0.15) is 6.42 Å². The zero-order chi connectivity index (χ0) is 16.0. The van der Waals surface area contributed by atoms with E-state index in [1.807, 2.05) is 4.72 Å². The van der Waals surface area contributed by atoms with Crippen molar-refractivity contribution in [2.24, 2.45) is 0 Å². The third-order valence-electron chi connectivity index (χ3n) is 2.55. The van der Waals surface area contributed by atoms with Gasteiger partial charge in [0.1, 0.15) is 11.8 Å². The molecule has 9 heteroatoms. The van der Waals surface area contributed by atoms with Gasteiger partial charge in [-0.25, -0.2) is 8.42 Å². The van der Waals surface area contributed by atoms with Gasteiger partial charge < -0.3 is 14.6 Å². The number of hydrogen-bond donors (Lipinski definition) is 2. The van der Waals surface area contributed by atoms with Crippen molar-refractivity contribution in [3.05, 3.63) is 24.3 Å². The molecule has 0 radical (unpaired) electrons. The number of rotatable bonds is 7. The third kappa shape index (κ3) is 4.72. The highest BCUT2D eigenvalue weighted by molar-refractivity contribution is 7.89. The van der Waals surface area contributed by atoms with E-state index in [1.54, 1.807) is 6.07 Å². The van der Waals surface area contributed by atoms with E-state index < -0.39 is 34.4 Å². The number of methoxy groups -OCH3 is 2. The molecule has 0 saturated carbocycles. The number of benzene rings is 1. The summed E-state index contributed by atoms with van der Waals surface area (Å²) in [5.74, 6) is -2.01. The first-order chi connectivity index (χ1) is 9.80. The monoisotopic (exact) mass is 317 g/mol. The van der Waals surface area contributed by atoms with Crippen LogP contribution in [0, 0.1) is 0 Å². The molecule has 1 aromatic carbocycles. The predicted octanol–water partition coefficient (Wildman–Crippen LogP) is -0.0102. The zero-order valence-electron chi connectivity index (χ0n) is 11.4. The number of carboxylic acid groups (broad SMARTS) is 1. The van der Waals surface area contributed by atoms with Crippen molar-refractivity contribution in [1.29, 1.82) is 0 Å². The van der Waals surface area contributed by atoms with Gasteiger partial charge in [-0.05, 0) is 12.1 Å². The Balaban J connectivity index is 3.00. The second-order valence-electron chi connectivity index (χ2n) is 3.97. The fourth-order valence-electron chi connectivity index (χ4n) is 1.45. The highest BCUT2D eigenvalue weighted by Crippen LogP contribution is 2.17. The van der Waals surface area contributed by atoms with Crippen LogP contribution < -0.4 is 9.46 Å². The van der Waals surface area contributed by atoms with Gasteiger partial charge in [-0.15, -0.1) is 0 Å². The van der Waals surface area contributed by atoms with Gasteiger partial charge in [0.15, 0.2) is 0 Å². The van der Waals surface area contributed by atoms with E-state index in [4.69, 9.17) is 9.84 Å². The smallest absolute Gasteiger partial charge is 0.322 e. The summed E-state index contributed by atoms with van der Waals surface area (Å²) < 4.78 is 35.4. The van der Waals surface area contributed by atoms with Crippen molar-refractivity contribution in [3.63, 3.8) is 0 Å². The average molecular weight is 317 g/mol. The molecule has 116 valence electrons. The van der Waals surface area contributed by atoms with Gasteiger partial charge >= 0.3 is 11.9 Å². The summed E-state index contributed by atoms with van der Waals surface area (Å²) in [6.45, 7) is 0. The fraction of sp³-hybridized carbons (Fsp3) is 0.333. The van der Waals surface area contributed by atoms with Crippen LogP contribution in [0.15, 0.2) is 29.2 Å². The lowest BCUT2D eigenvalue weighted by Gasteiger charge is -2.14. The molecule has 0 aliphatic heterocycles. The number of carbonyl (C=O) groups excluding carboxylic acids is 1. The largest absolute Gasteiger partial charge is 0.497 e. The molecule has 0 unspecified atom stereocenters. The summed E-state index contributed by atoms with van der Waals surface area (Å²) in [7, 11) is -1.66. The summed E-state index contributed by atoms with van der Waals surface area (Å²) in [5, 5.41) is 8.97. The summed E-state index contributed by atoms with van der Waals surface area (Å²) in [4.78, 5) is 22.0. The van der Waals surface area contributed by atoms with Crippen molar-refractivity contribution in [1.82, 2.24) is 4.72 Å². The van der Waals surface area contributed by atoms with E-state index in [1.165, 1.54) is 25.3 Å². The second kappa shape index (κ2) is 7.04. The van der Waals surface area contributed by atoms with Gasteiger partial charge in [0.2, 0.25) is 10.0 Å². The molecule has 0 aliphatic carbocycles. The van der Waals surface area contributed by atoms with Gasteiger partial charge in [0.25, 0.3) is 0 Å². The number of sulfonamides is 1. The summed E-state index contributed by atoms with van der Waals surface area (Å²) in [6, 6.07) is 3.89. The number of carbonyl (C=O) groups is 2. The molecule has 21 heavy (non-hydrogen) atoms. The minimum absolute atomic E-state index is 0.169. The maximum Gasteiger partial charge on any atom is 0.322 e. The first kappa shape index (κ1) is 16.9. The molecule has 0 aliphatic rings. The van der Waals surface area contributed by atoms with Crippen molar-refractivity contribution >= 4 is 22.0 Å². The number of hydrogen-bond acceptors (Lipinski definition) is 6.